The van der Waals surface area contributed by atoms with Crippen molar-refractivity contribution >= 4 is 5.97 Å². The van der Waals surface area contributed by atoms with Gasteiger partial charge in [0.15, 0.2) is 0 Å². The van der Waals surface area contributed by atoms with Crippen LogP contribution in [0.15, 0.2) is 0 Å². The number of nitrogens with two attached hydrogens (primary N) is 1. The molecule has 1 fully saturated rings. The third kappa shape index (κ3) is 5.49. The van der Waals surface area contributed by atoms with Crippen molar-refractivity contribution in [3.8, 4) is 0 Å². The van der Waals surface area contributed by atoms with Gasteiger partial charge in [-0.15, -0.1) is 0 Å². The molecule has 4 heteroatoms. The van der Waals surface area contributed by atoms with Gasteiger partial charge in [0.05, 0.1) is 12.0 Å². The summed E-state index contributed by atoms with van der Waals surface area (Å²) in [7, 11) is 0. The van der Waals surface area contributed by atoms with Crippen LogP contribution in [0.3, 0.4) is 0 Å². The summed E-state index contributed by atoms with van der Waals surface area (Å²) in [6.07, 6.45) is 6.62. The average molecular weight is 271 g/mol. The number of hydrogen-bond donors (Lipinski definition) is 3. The third-order valence-electron chi connectivity index (χ3n) is 4.44. The smallest absolute Gasteiger partial charge is 0.306 e. The van der Waals surface area contributed by atoms with Crippen LogP contribution in [0.4, 0.5) is 0 Å². The first kappa shape index (κ1) is 16.4. The molecule has 3 atom stereocenters. The SMILES string of the molecule is CC(C)C(C[C@H](O)[C@@H](N)CC1CCCCC1)C(=O)O. The third-order valence-corrected chi connectivity index (χ3v) is 4.44. The van der Waals surface area contributed by atoms with Crippen LogP contribution < -0.4 is 5.73 Å². The number of carboxylic acids is 1. The van der Waals surface area contributed by atoms with Gasteiger partial charge in [-0.3, -0.25) is 4.79 Å². The zero-order valence-electron chi connectivity index (χ0n) is 12.2. The van der Waals surface area contributed by atoms with Gasteiger partial charge in [0.2, 0.25) is 0 Å². The zero-order chi connectivity index (χ0) is 14.4. The van der Waals surface area contributed by atoms with Gasteiger partial charge in [0, 0.05) is 6.04 Å². The van der Waals surface area contributed by atoms with Crippen LogP contribution in [0.25, 0.3) is 0 Å². The molecule has 4 N–H and O–H groups in total. The highest BCUT2D eigenvalue weighted by Gasteiger charge is 2.28. The first-order valence-electron chi connectivity index (χ1n) is 7.58. The molecule has 1 aliphatic rings. The van der Waals surface area contributed by atoms with Crippen LogP contribution >= 0.6 is 0 Å². The molecule has 0 bridgehead atoms. The molecule has 0 aromatic heterocycles. The largest absolute Gasteiger partial charge is 0.481 e. The second kappa shape index (κ2) is 7.85. The molecular weight excluding hydrogens is 242 g/mol. The second-order valence-corrected chi connectivity index (χ2v) is 6.40. The van der Waals surface area contributed by atoms with Crippen molar-refractivity contribution in [1.82, 2.24) is 0 Å². The first-order chi connectivity index (χ1) is 8.91. The van der Waals surface area contributed by atoms with Crippen LogP contribution in [0.5, 0.6) is 0 Å². The summed E-state index contributed by atoms with van der Waals surface area (Å²) in [5.74, 6) is -0.707. The fourth-order valence-corrected chi connectivity index (χ4v) is 3.06. The Bertz CT molecular complexity index is 275. The molecule has 0 spiro atoms. The molecule has 0 aromatic rings. The fourth-order valence-electron chi connectivity index (χ4n) is 3.06. The van der Waals surface area contributed by atoms with Crippen LogP contribution in [0, 0.1) is 17.8 Å². The molecule has 0 amide bonds. The predicted molar refractivity (Wildman–Crippen MR) is 75.8 cm³/mol. The molecule has 19 heavy (non-hydrogen) atoms. The van der Waals surface area contributed by atoms with Crippen molar-refractivity contribution in [2.75, 3.05) is 0 Å². The summed E-state index contributed by atoms with van der Waals surface area (Å²) in [5.41, 5.74) is 6.05. The lowest BCUT2D eigenvalue weighted by atomic mass is 9.81. The van der Waals surface area contributed by atoms with Crippen LogP contribution in [-0.2, 0) is 4.79 Å². The highest BCUT2D eigenvalue weighted by molar-refractivity contribution is 5.70. The predicted octanol–water partition coefficient (Wildman–Crippen LogP) is 2.39. The minimum atomic E-state index is -0.834. The van der Waals surface area contributed by atoms with Crippen molar-refractivity contribution in [1.29, 1.82) is 0 Å². The maximum Gasteiger partial charge on any atom is 0.306 e. The number of rotatable bonds is 7. The van der Waals surface area contributed by atoms with Gasteiger partial charge in [0.1, 0.15) is 0 Å². The molecule has 0 heterocycles. The standard InChI is InChI=1S/C15H29NO3/c1-10(2)12(15(18)19)9-14(17)13(16)8-11-6-4-3-5-7-11/h10-14,17H,3-9,16H2,1-2H3,(H,18,19)/t12?,13-,14-/m0/s1. The number of aliphatic carboxylic acids is 1. The summed E-state index contributed by atoms with van der Waals surface area (Å²) in [6.45, 7) is 3.75. The summed E-state index contributed by atoms with van der Waals surface area (Å²) in [6, 6.07) is -0.288. The van der Waals surface area contributed by atoms with Crippen molar-refractivity contribution in [2.45, 2.75) is 70.9 Å². The Morgan fingerprint density at radius 1 is 1.26 bits per heavy atom. The number of aliphatic hydroxyl groups excluding tert-OH is 1. The Balaban J connectivity index is 2.41. The van der Waals surface area contributed by atoms with Crippen molar-refractivity contribution in [2.24, 2.45) is 23.5 Å². The van der Waals surface area contributed by atoms with E-state index in [-0.39, 0.29) is 18.4 Å². The normalized spacial score (nSPS) is 22.2. The molecule has 4 nitrogen and oxygen atoms in total. The van der Waals surface area contributed by atoms with Gasteiger partial charge in [-0.2, -0.15) is 0 Å². The van der Waals surface area contributed by atoms with E-state index in [1.807, 2.05) is 13.8 Å². The van der Waals surface area contributed by atoms with Crippen molar-refractivity contribution < 1.29 is 15.0 Å². The number of carboxylic acid groups (broad SMARTS) is 1. The molecule has 112 valence electrons. The molecule has 1 aliphatic carbocycles. The minimum Gasteiger partial charge on any atom is -0.481 e. The van der Waals surface area contributed by atoms with E-state index in [0.29, 0.717) is 5.92 Å². The van der Waals surface area contributed by atoms with E-state index >= 15 is 0 Å². The van der Waals surface area contributed by atoms with Crippen LogP contribution in [-0.4, -0.2) is 28.3 Å². The van der Waals surface area contributed by atoms with Gasteiger partial charge in [-0.1, -0.05) is 46.0 Å². The second-order valence-electron chi connectivity index (χ2n) is 6.40. The molecule has 0 aliphatic heterocycles. The van der Waals surface area contributed by atoms with Gasteiger partial charge < -0.3 is 15.9 Å². The topological polar surface area (TPSA) is 83.5 Å². The summed E-state index contributed by atoms with van der Waals surface area (Å²) in [4.78, 5) is 11.1. The lowest BCUT2D eigenvalue weighted by Gasteiger charge is -2.28. The Morgan fingerprint density at radius 2 is 1.84 bits per heavy atom. The average Bonchev–Trinajstić information content (AvgIpc) is 2.35. The molecule has 0 aromatic carbocycles. The summed E-state index contributed by atoms with van der Waals surface area (Å²) >= 11 is 0. The van der Waals surface area contributed by atoms with Gasteiger partial charge in [0.25, 0.3) is 0 Å². The highest BCUT2D eigenvalue weighted by atomic mass is 16.4. The fraction of sp³-hybridized carbons (Fsp3) is 0.933. The van der Waals surface area contributed by atoms with Gasteiger partial charge in [-0.25, -0.2) is 0 Å². The summed E-state index contributed by atoms with van der Waals surface area (Å²) in [5, 5.41) is 19.3. The maximum absolute atomic E-state index is 11.1. The molecule has 0 saturated heterocycles. The Morgan fingerprint density at radius 3 is 2.32 bits per heavy atom. The summed E-state index contributed by atoms with van der Waals surface area (Å²) < 4.78 is 0. The Labute approximate surface area is 116 Å². The zero-order valence-corrected chi connectivity index (χ0v) is 12.2. The van der Waals surface area contributed by atoms with E-state index in [0.717, 1.165) is 6.42 Å². The molecular formula is C15H29NO3. The van der Waals surface area contributed by atoms with E-state index < -0.39 is 18.0 Å². The van der Waals surface area contributed by atoms with Gasteiger partial charge >= 0.3 is 5.97 Å². The van der Waals surface area contributed by atoms with Gasteiger partial charge in [-0.05, 0) is 24.7 Å². The Kier molecular flexibility index (Phi) is 6.80. The lowest BCUT2D eigenvalue weighted by Crippen LogP contribution is -2.39. The van der Waals surface area contributed by atoms with Crippen molar-refractivity contribution in [3.05, 3.63) is 0 Å². The number of carbonyl (C=O) groups is 1. The number of hydrogen-bond acceptors (Lipinski definition) is 3. The highest BCUT2D eigenvalue weighted by Crippen LogP contribution is 2.28. The first-order valence-corrected chi connectivity index (χ1v) is 7.58. The number of aliphatic hydroxyl groups is 1. The van der Waals surface area contributed by atoms with E-state index in [9.17, 15) is 9.90 Å². The monoisotopic (exact) mass is 271 g/mol. The Hall–Kier alpha value is -0.610. The van der Waals surface area contributed by atoms with Crippen molar-refractivity contribution in [3.63, 3.8) is 0 Å². The molecule has 1 rings (SSSR count). The molecule has 1 saturated carbocycles. The molecule has 0 radical (unpaired) electrons. The van der Waals surface area contributed by atoms with E-state index in [2.05, 4.69) is 0 Å². The quantitative estimate of drug-likeness (QED) is 0.664. The van der Waals surface area contributed by atoms with E-state index in [1.54, 1.807) is 0 Å². The van der Waals surface area contributed by atoms with E-state index in [4.69, 9.17) is 10.8 Å². The van der Waals surface area contributed by atoms with Crippen LogP contribution in [0.2, 0.25) is 0 Å². The molecule has 1 unspecified atom stereocenters. The maximum atomic E-state index is 11.1. The lowest BCUT2D eigenvalue weighted by molar-refractivity contribution is -0.144. The van der Waals surface area contributed by atoms with E-state index in [1.165, 1.54) is 32.1 Å². The minimum absolute atomic E-state index is 0.0223. The van der Waals surface area contributed by atoms with Crippen LogP contribution in [0.1, 0.15) is 58.8 Å².